The molecule has 1 aliphatic carbocycles. The molecule has 0 saturated carbocycles. The second-order valence-corrected chi connectivity index (χ2v) is 12.8. The first-order chi connectivity index (χ1) is 23.6. The van der Waals surface area contributed by atoms with Crippen molar-refractivity contribution >= 4 is 30.7 Å². The van der Waals surface area contributed by atoms with Gasteiger partial charge in [0, 0.05) is 5.56 Å². The van der Waals surface area contributed by atoms with Crippen LogP contribution in [-0.4, -0.2) is 41.8 Å². The van der Waals surface area contributed by atoms with Crippen LogP contribution in [0.1, 0.15) is 42.9 Å². The monoisotopic (exact) mass is 699 g/mol. The van der Waals surface area contributed by atoms with E-state index in [1.807, 2.05) is 6.92 Å². The van der Waals surface area contributed by atoms with Gasteiger partial charge in [0.15, 0.2) is 0 Å². The molecule has 0 spiro atoms. The summed E-state index contributed by atoms with van der Waals surface area (Å²) in [6, 6.07) is 16.2. The minimum absolute atomic E-state index is 0.0367. The molecule has 2 fully saturated rings. The van der Waals surface area contributed by atoms with Crippen LogP contribution in [0.5, 0.6) is 11.5 Å². The van der Waals surface area contributed by atoms with Gasteiger partial charge in [-0.15, -0.1) is 0 Å². The van der Waals surface area contributed by atoms with Crippen LogP contribution in [0.2, 0.25) is 6.32 Å². The van der Waals surface area contributed by atoms with E-state index < -0.39 is 72.0 Å². The lowest BCUT2D eigenvalue weighted by molar-refractivity contribution is -0.143. The van der Waals surface area contributed by atoms with Crippen LogP contribution >= 0.6 is 0 Å². The average Bonchev–Trinajstić information content (AvgIpc) is 3.31. The fourth-order valence-electron chi connectivity index (χ4n) is 7.21. The SMILES string of the molecule is C/C(=C\c1ccccc1O)CC[C@H]1OB(O)C[C@H]2C1=C(COc1ccccc1)C[C@H]1C(=O)N(c3cc(C(F)(F)F)cc(C(F)(F)F)c3)C(=O)[C@H]12. The summed E-state index contributed by atoms with van der Waals surface area (Å²) in [6.07, 6.45) is -8.75. The number of aromatic hydroxyl groups is 1. The third-order valence-corrected chi connectivity index (χ3v) is 9.43. The lowest BCUT2D eigenvalue weighted by Gasteiger charge is -2.43. The molecule has 262 valence electrons. The molecule has 3 aromatic rings. The molecule has 0 unspecified atom stereocenters. The molecule has 2 saturated heterocycles. The van der Waals surface area contributed by atoms with E-state index in [0.717, 1.165) is 5.57 Å². The number of para-hydroxylation sites is 2. The van der Waals surface area contributed by atoms with E-state index >= 15 is 0 Å². The van der Waals surface area contributed by atoms with Crippen LogP contribution in [0, 0.1) is 17.8 Å². The van der Waals surface area contributed by atoms with Crippen LogP contribution in [0.15, 0.2) is 89.5 Å². The average molecular weight is 699 g/mol. The van der Waals surface area contributed by atoms with Crippen molar-refractivity contribution in [3.8, 4) is 11.5 Å². The summed E-state index contributed by atoms with van der Waals surface area (Å²) in [5, 5.41) is 21.1. The number of benzene rings is 3. The Labute approximate surface area is 284 Å². The lowest BCUT2D eigenvalue weighted by atomic mass is 9.58. The van der Waals surface area contributed by atoms with E-state index in [1.165, 1.54) is 0 Å². The Bertz CT molecular complexity index is 1810. The van der Waals surface area contributed by atoms with Gasteiger partial charge in [-0.25, -0.2) is 4.90 Å². The highest BCUT2D eigenvalue weighted by Crippen LogP contribution is 2.52. The number of halogens is 6. The highest BCUT2D eigenvalue weighted by atomic mass is 19.4. The molecular formula is C36H32BF6NO6. The summed E-state index contributed by atoms with van der Waals surface area (Å²) in [4.78, 5) is 28.4. The number of fused-ring (bicyclic) bond motifs is 3. The van der Waals surface area contributed by atoms with Crippen LogP contribution in [0.25, 0.3) is 6.08 Å². The molecule has 3 aromatic carbocycles. The van der Waals surface area contributed by atoms with E-state index in [1.54, 1.807) is 60.7 Å². The van der Waals surface area contributed by atoms with Gasteiger partial charge in [0.1, 0.15) is 18.1 Å². The largest absolute Gasteiger partial charge is 0.507 e. The van der Waals surface area contributed by atoms with Crippen molar-refractivity contribution in [3.05, 3.63) is 106 Å². The van der Waals surface area contributed by atoms with Gasteiger partial charge in [-0.05, 0) is 86.0 Å². The van der Waals surface area contributed by atoms with Gasteiger partial charge >= 0.3 is 19.5 Å². The van der Waals surface area contributed by atoms with E-state index in [9.17, 15) is 46.1 Å². The van der Waals surface area contributed by atoms with E-state index in [2.05, 4.69) is 0 Å². The topological polar surface area (TPSA) is 96.3 Å². The number of allylic oxidation sites excluding steroid dienone is 1. The van der Waals surface area contributed by atoms with Crippen LogP contribution in [-0.2, 0) is 26.6 Å². The number of imide groups is 1. The standard InChI is InChI=1S/C36H32BF6NO6/c1-20(13-21-7-5-6-10-29(21)45)11-12-30-31-22(19-49-26-8-3-2-4-9-26)14-27-32(28(31)18-37(48)50-30)34(47)44(33(27)46)25-16-23(35(38,39)40)15-24(17-25)36(41,42)43/h2-10,13,15-17,27-28,30,32,45,48H,11-12,14,18-19H2,1H3/b20-13+/t27-,28+,30-,32-/m1/s1. The Morgan fingerprint density at radius 2 is 1.58 bits per heavy atom. The molecule has 0 aromatic heterocycles. The van der Waals surface area contributed by atoms with Gasteiger partial charge in [0.2, 0.25) is 11.8 Å². The van der Waals surface area contributed by atoms with E-state index in [-0.39, 0.29) is 31.2 Å². The Kier molecular flexibility index (Phi) is 9.62. The van der Waals surface area contributed by atoms with Crippen molar-refractivity contribution in [3.63, 3.8) is 0 Å². The molecule has 2 N–H and O–H groups in total. The molecule has 2 heterocycles. The van der Waals surface area contributed by atoms with Crippen molar-refractivity contribution in [1.29, 1.82) is 0 Å². The van der Waals surface area contributed by atoms with Crippen molar-refractivity contribution < 1.29 is 55.5 Å². The minimum Gasteiger partial charge on any atom is -0.507 e. The van der Waals surface area contributed by atoms with Gasteiger partial charge in [-0.3, -0.25) is 9.59 Å². The zero-order valence-corrected chi connectivity index (χ0v) is 26.7. The Morgan fingerprint density at radius 1 is 0.940 bits per heavy atom. The third-order valence-electron chi connectivity index (χ3n) is 9.43. The summed E-state index contributed by atoms with van der Waals surface area (Å²) in [5.41, 5.74) is -1.44. The van der Waals surface area contributed by atoms with Crippen molar-refractivity contribution in [2.45, 2.75) is 51.0 Å². The van der Waals surface area contributed by atoms with Crippen LogP contribution in [0.3, 0.4) is 0 Å². The number of carbonyl (C=O) groups excluding carboxylic acids is 2. The predicted molar refractivity (Wildman–Crippen MR) is 172 cm³/mol. The smallest absolute Gasteiger partial charge is 0.455 e. The first kappa shape index (κ1) is 35.3. The number of nitrogens with zero attached hydrogens (tertiary/aromatic N) is 1. The van der Waals surface area contributed by atoms with Gasteiger partial charge in [0.05, 0.1) is 34.8 Å². The second kappa shape index (κ2) is 13.6. The molecule has 3 aliphatic rings. The summed E-state index contributed by atoms with van der Waals surface area (Å²) >= 11 is 0. The number of carbonyl (C=O) groups is 2. The molecule has 50 heavy (non-hydrogen) atoms. The summed E-state index contributed by atoms with van der Waals surface area (Å²) in [6.45, 7) is 1.82. The summed E-state index contributed by atoms with van der Waals surface area (Å²) < 4.78 is 94.4. The van der Waals surface area contributed by atoms with Crippen molar-refractivity contribution in [1.82, 2.24) is 0 Å². The van der Waals surface area contributed by atoms with E-state index in [0.29, 0.717) is 52.3 Å². The normalized spacial score (nSPS) is 22.9. The lowest BCUT2D eigenvalue weighted by Crippen LogP contribution is -2.46. The van der Waals surface area contributed by atoms with Gasteiger partial charge < -0.3 is 19.5 Å². The number of hydrogen-bond donors (Lipinski definition) is 2. The molecule has 2 amide bonds. The Morgan fingerprint density at radius 3 is 2.22 bits per heavy atom. The number of hydrogen-bond acceptors (Lipinski definition) is 6. The minimum atomic E-state index is -5.19. The molecule has 7 nitrogen and oxygen atoms in total. The molecule has 14 heteroatoms. The quantitative estimate of drug-likeness (QED) is 0.108. The summed E-state index contributed by atoms with van der Waals surface area (Å²) in [5.74, 6) is -4.37. The predicted octanol–water partition coefficient (Wildman–Crippen LogP) is 7.69. The maximum Gasteiger partial charge on any atom is 0.455 e. The molecule has 6 rings (SSSR count). The zero-order chi connectivity index (χ0) is 36.0. The Balaban J connectivity index is 1.37. The molecule has 2 aliphatic heterocycles. The third kappa shape index (κ3) is 7.17. The van der Waals surface area contributed by atoms with Crippen LogP contribution < -0.4 is 9.64 Å². The highest BCUT2D eigenvalue weighted by Gasteiger charge is 2.58. The highest BCUT2D eigenvalue weighted by molar-refractivity contribution is 6.43. The van der Waals surface area contributed by atoms with Crippen molar-refractivity contribution in [2.24, 2.45) is 17.8 Å². The second-order valence-electron chi connectivity index (χ2n) is 12.8. The maximum absolute atomic E-state index is 14.1. The van der Waals surface area contributed by atoms with Gasteiger partial charge in [-0.1, -0.05) is 48.0 Å². The molecule has 4 atom stereocenters. The van der Waals surface area contributed by atoms with Gasteiger partial charge in [0.25, 0.3) is 0 Å². The number of ether oxygens (including phenoxy) is 1. The zero-order valence-electron chi connectivity index (χ0n) is 26.7. The first-order valence-electron chi connectivity index (χ1n) is 16.0. The number of phenolic OH excluding ortho intramolecular Hbond substituents is 1. The molecule has 0 bridgehead atoms. The number of anilines is 1. The Hall–Kier alpha value is -4.56. The maximum atomic E-state index is 14.1. The number of phenols is 1. The number of rotatable bonds is 8. The number of alkyl halides is 6. The fourth-order valence-corrected chi connectivity index (χ4v) is 7.21. The molecule has 0 radical (unpaired) electrons. The molecular weight excluding hydrogens is 667 g/mol. The van der Waals surface area contributed by atoms with Crippen molar-refractivity contribution in [2.75, 3.05) is 11.5 Å². The number of amides is 2. The fraction of sp³-hybridized carbons (Fsp3) is 0.333. The van der Waals surface area contributed by atoms with Gasteiger partial charge in [-0.2, -0.15) is 26.3 Å². The van der Waals surface area contributed by atoms with E-state index in [4.69, 9.17) is 9.39 Å². The first-order valence-corrected chi connectivity index (χ1v) is 16.0. The summed E-state index contributed by atoms with van der Waals surface area (Å²) in [7, 11) is -1.37. The van der Waals surface area contributed by atoms with Crippen LogP contribution in [0.4, 0.5) is 32.0 Å².